The van der Waals surface area contributed by atoms with Crippen molar-refractivity contribution in [2.45, 2.75) is 13.0 Å². The number of hydrogen-bond acceptors (Lipinski definition) is 4. The van der Waals surface area contributed by atoms with Gasteiger partial charge in [-0.3, -0.25) is 9.78 Å². The molecule has 0 aliphatic heterocycles. The fourth-order valence-corrected chi connectivity index (χ4v) is 0.927. The normalized spacial score (nSPS) is 9.79. The summed E-state index contributed by atoms with van der Waals surface area (Å²) < 4.78 is 9.74. The maximum atomic E-state index is 10.7. The molecule has 0 amide bonds. The summed E-state index contributed by atoms with van der Waals surface area (Å²) in [5.74, 6) is -0.250. The van der Waals surface area contributed by atoms with Crippen molar-refractivity contribution in [1.29, 1.82) is 0 Å². The van der Waals surface area contributed by atoms with Gasteiger partial charge in [0.15, 0.2) is 0 Å². The molecule has 0 radical (unpaired) electrons. The van der Waals surface area contributed by atoms with Crippen LogP contribution in [0.15, 0.2) is 24.5 Å². The summed E-state index contributed by atoms with van der Waals surface area (Å²) in [6, 6.07) is 3.75. The third kappa shape index (κ3) is 4.00. The van der Waals surface area contributed by atoms with Crippen LogP contribution >= 0.6 is 0 Å². The van der Waals surface area contributed by atoms with Crippen LogP contribution in [0.25, 0.3) is 0 Å². The topological polar surface area (TPSA) is 48.4 Å². The molecule has 1 aromatic rings. The van der Waals surface area contributed by atoms with Crippen molar-refractivity contribution in [3.8, 4) is 0 Å². The van der Waals surface area contributed by atoms with Crippen LogP contribution in [-0.2, 0) is 20.9 Å². The van der Waals surface area contributed by atoms with Crippen LogP contribution in [0.3, 0.4) is 0 Å². The molecule has 4 heteroatoms. The molecule has 1 rings (SSSR count). The van der Waals surface area contributed by atoms with Gasteiger partial charge in [-0.05, 0) is 17.7 Å². The Hall–Kier alpha value is -1.42. The number of ether oxygens (including phenoxy) is 2. The highest BCUT2D eigenvalue weighted by atomic mass is 16.5. The van der Waals surface area contributed by atoms with Crippen LogP contribution in [0.5, 0.6) is 0 Å². The standard InChI is InChI=1S/C10H13NO3/c1-13-10(12)4-7-14-8-9-2-5-11-6-3-9/h2-3,5-6H,4,7-8H2,1H3. The predicted octanol–water partition coefficient (Wildman–Crippen LogP) is 1.16. The van der Waals surface area contributed by atoms with E-state index in [1.165, 1.54) is 7.11 Å². The Morgan fingerprint density at radius 2 is 2.14 bits per heavy atom. The number of carbonyl (C=O) groups is 1. The van der Waals surface area contributed by atoms with Crippen molar-refractivity contribution in [3.63, 3.8) is 0 Å². The molecular formula is C10H13NO3. The summed E-state index contributed by atoms with van der Waals surface area (Å²) in [4.78, 5) is 14.6. The second-order valence-electron chi connectivity index (χ2n) is 2.73. The van der Waals surface area contributed by atoms with Gasteiger partial charge in [-0.25, -0.2) is 0 Å². The van der Waals surface area contributed by atoms with E-state index in [-0.39, 0.29) is 5.97 Å². The molecule has 4 nitrogen and oxygen atoms in total. The van der Waals surface area contributed by atoms with E-state index in [2.05, 4.69) is 9.72 Å². The van der Waals surface area contributed by atoms with E-state index in [1.54, 1.807) is 12.4 Å². The largest absolute Gasteiger partial charge is 0.469 e. The number of methoxy groups -OCH3 is 1. The first-order valence-corrected chi connectivity index (χ1v) is 4.36. The molecule has 0 spiro atoms. The minimum Gasteiger partial charge on any atom is -0.469 e. The van der Waals surface area contributed by atoms with E-state index in [9.17, 15) is 4.79 Å². The predicted molar refractivity (Wildman–Crippen MR) is 50.5 cm³/mol. The summed E-state index contributed by atoms with van der Waals surface area (Å²) >= 11 is 0. The van der Waals surface area contributed by atoms with Gasteiger partial charge in [0.05, 0.1) is 26.7 Å². The van der Waals surface area contributed by atoms with Gasteiger partial charge in [-0.15, -0.1) is 0 Å². The third-order valence-corrected chi connectivity index (χ3v) is 1.70. The van der Waals surface area contributed by atoms with Crippen molar-refractivity contribution in [2.75, 3.05) is 13.7 Å². The van der Waals surface area contributed by atoms with Gasteiger partial charge in [-0.2, -0.15) is 0 Å². The lowest BCUT2D eigenvalue weighted by Crippen LogP contribution is -2.05. The zero-order chi connectivity index (χ0) is 10.2. The van der Waals surface area contributed by atoms with Crippen molar-refractivity contribution < 1.29 is 14.3 Å². The fraction of sp³-hybridized carbons (Fsp3) is 0.400. The van der Waals surface area contributed by atoms with E-state index in [4.69, 9.17) is 4.74 Å². The number of rotatable bonds is 5. The Bertz CT molecular complexity index is 274. The lowest BCUT2D eigenvalue weighted by Gasteiger charge is -2.02. The maximum Gasteiger partial charge on any atom is 0.307 e. The van der Waals surface area contributed by atoms with Crippen molar-refractivity contribution >= 4 is 5.97 Å². The van der Waals surface area contributed by atoms with Gasteiger partial charge >= 0.3 is 5.97 Å². The smallest absolute Gasteiger partial charge is 0.307 e. The molecule has 0 bridgehead atoms. The molecule has 0 saturated heterocycles. The van der Waals surface area contributed by atoms with E-state index >= 15 is 0 Å². The maximum absolute atomic E-state index is 10.7. The van der Waals surface area contributed by atoms with E-state index in [1.807, 2.05) is 12.1 Å². The molecule has 0 fully saturated rings. The van der Waals surface area contributed by atoms with E-state index < -0.39 is 0 Å². The van der Waals surface area contributed by atoms with Crippen LogP contribution in [0.2, 0.25) is 0 Å². The monoisotopic (exact) mass is 195 g/mol. The lowest BCUT2D eigenvalue weighted by molar-refractivity contribution is -0.141. The summed E-state index contributed by atoms with van der Waals surface area (Å²) in [6.45, 7) is 0.883. The minimum atomic E-state index is -0.250. The molecule has 0 atom stereocenters. The second-order valence-corrected chi connectivity index (χ2v) is 2.73. The molecule has 0 unspecified atom stereocenters. The van der Waals surface area contributed by atoms with Crippen molar-refractivity contribution in [1.82, 2.24) is 4.98 Å². The molecule has 0 aliphatic rings. The van der Waals surface area contributed by atoms with Crippen LogP contribution in [0, 0.1) is 0 Å². The Balaban J connectivity index is 2.13. The van der Waals surface area contributed by atoms with E-state index in [0.29, 0.717) is 19.6 Å². The molecule has 76 valence electrons. The molecule has 1 heterocycles. The van der Waals surface area contributed by atoms with Gasteiger partial charge in [0.2, 0.25) is 0 Å². The number of pyridine rings is 1. The Morgan fingerprint density at radius 1 is 1.43 bits per heavy atom. The highest BCUT2D eigenvalue weighted by Crippen LogP contribution is 1.99. The van der Waals surface area contributed by atoms with E-state index in [0.717, 1.165) is 5.56 Å². The second kappa shape index (κ2) is 6.10. The van der Waals surface area contributed by atoms with Gasteiger partial charge in [0.1, 0.15) is 0 Å². The number of nitrogens with zero attached hydrogens (tertiary/aromatic N) is 1. The SMILES string of the molecule is COC(=O)CCOCc1ccncc1. The first kappa shape index (κ1) is 10.7. The zero-order valence-corrected chi connectivity index (χ0v) is 8.10. The zero-order valence-electron chi connectivity index (χ0n) is 8.10. The summed E-state index contributed by atoms with van der Waals surface area (Å²) in [5, 5.41) is 0. The van der Waals surface area contributed by atoms with Gasteiger partial charge in [-0.1, -0.05) is 0 Å². The lowest BCUT2D eigenvalue weighted by atomic mass is 10.3. The molecule has 14 heavy (non-hydrogen) atoms. The van der Waals surface area contributed by atoms with Crippen LogP contribution in [0.4, 0.5) is 0 Å². The van der Waals surface area contributed by atoms with Crippen LogP contribution in [0.1, 0.15) is 12.0 Å². The molecule has 0 aromatic carbocycles. The molecule has 0 saturated carbocycles. The quantitative estimate of drug-likeness (QED) is 0.522. The van der Waals surface area contributed by atoms with Crippen molar-refractivity contribution in [2.24, 2.45) is 0 Å². The number of esters is 1. The summed E-state index contributed by atoms with van der Waals surface area (Å²) in [6.07, 6.45) is 3.71. The molecular weight excluding hydrogens is 182 g/mol. The molecule has 0 N–H and O–H groups in total. The molecule has 0 aliphatic carbocycles. The molecule has 1 aromatic heterocycles. The Kier molecular flexibility index (Phi) is 4.64. The van der Waals surface area contributed by atoms with Gasteiger partial charge in [0, 0.05) is 12.4 Å². The average Bonchev–Trinajstić information content (AvgIpc) is 2.25. The summed E-state index contributed by atoms with van der Waals surface area (Å²) in [7, 11) is 1.37. The number of carbonyl (C=O) groups excluding carboxylic acids is 1. The van der Waals surface area contributed by atoms with Crippen LogP contribution in [-0.4, -0.2) is 24.7 Å². The first-order valence-electron chi connectivity index (χ1n) is 4.36. The van der Waals surface area contributed by atoms with Gasteiger partial charge < -0.3 is 9.47 Å². The Morgan fingerprint density at radius 3 is 2.79 bits per heavy atom. The average molecular weight is 195 g/mol. The third-order valence-electron chi connectivity index (χ3n) is 1.70. The number of hydrogen-bond donors (Lipinski definition) is 0. The summed E-state index contributed by atoms with van der Waals surface area (Å²) in [5.41, 5.74) is 1.05. The first-order chi connectivity index (χ1) is 6.83. The Labute approximate surface area is 82.9 Å². The fourth-order valence-electron chi connectivity index (χ4n) is 0.927. The van der Waals surface area contributed by atoms with Gasteiger partial charge in [0.25, 0.3) is 0 Å². The van der Waals surface area contributed by atoms with Crippen LogP contribution < -0.4 is 0 Å². The van der Waals surface area contributed by atoms with Crippen molar-refractivity contribution in [3.05, 3.63) is 30.1 Å². The highest BCUT2D eigenvalue weighted by Gasteiger charge is 1.99. The highest BCUT2D eigenvalue weighted by molar-refractivity contribution is 5.69. The minimum absolute atomic E-state index is 0.250. The number of aromatic nitrogens is 1.